The van der Waals surface area contributed by atoms with Crippen LogP contribution in [0.15, 0.2) is 30.5 Å². The van der Waals surface area contributed by atoms with Crippen LogP contribution in [0.3, 0.4) is 0 Å². The molecule has 2 heterocycles. The van der Waals surface area contributed by atoms with Gasteiger partial charge in [0, 0.05) is 29.9 Å². The maximum absolute atomic E-state index is 11.6. The summed E-state index contributed by atoms with van der Waals surface area (Å²) in [7, 11) is 0. The molecule has 2 fully saturated rings. The zero-order chi connectivity index (χ0) is 17.2. The molecule has 2 aliphatic rings. The molecule has 25 heavy (non-hydrogen) atoms. The fraction of sp³-hybridized carbons (Fsp3) is 0.500. The fourth-order valence-electron chi connectivity index (χ4n) is 3.75. The van der Waals surface area contributed by atoms with E-state index in [9.17, 15) is 4.79 Å². The second-order valence-electron chi connectivity index (χ2n) is 7.28. The van der Waals surface area contributed by atoms with Crippen molar-refractivity contribution in [1.29, 1.82) is 0 Å². The molecule has 2 N–H and O–H groups in total. The second kappa shape index (κ2) is 6.90. The van der Waals surface area contributed by atoms with Crippen LogP contribution in [0.2, 0.25) is 0 Å². The summed E-state index contributed by atoms with van der Waals surface area (Å²) in [6.45, 7) is 2.94. The molecule has 0 bridgehead atoms. The van der Waals surface area contributed by atoms with Crippen molar-refractivity contribution in [3.8, 4) is 0 Å². The summed E-state index contributed by atoms with van der Waals surface area (Å²) in [5.41, 5.74) is 4.80. The summed E-state index contributed by atoms with van der Waals surface area (Å²) in [6, 6.07) is 9.14. The SMILES string of the molecule is Cc1c(CNc2cccc(C3CCCC(=O)N3)c2)cnn1C1CCC1. The van der Waals surface area contributed by atoms with Gasteiger partial charge in [-0.1, -0.05) is 12.1 Å². The van der Waals surface area contributed by atoms with E-state index in [4.69, 9.17) is 0 Å². The predicted octanol–water partition coefficient (Wildman–Crippen LogP) is 3.87. The Hall–Kier alpha value is -2.30. The Morgan fingerprint density at radius 3 is 2.92 bits per heavy atom. The summed E-state index contributed by atoms with van der Waals surface area (Å²) in [5.74, 6) is 0.161. The van der Waals surface area contributed by atoms with Crippen LogP contribution in [0.1, 0.15) is 67.4 Å². The smallest absolute Gasteiger partial charge is 0.220 e. The van der Waals surface area contributed by atoms with E-state index < -0.39 is 0 Å². The molecular weight excluding hydrogens is 312 g/mol. The molecule has 5 nitrogen and oxygen atoms in total. The molecular formula is C20H26N4O. The van der Waals surface area contributed by atoms with E-state index in [1.807, 2.05) is 6.20 Å². The van der Waals surface area contributed by atoms with Gasteiger partial charge >= 0.3 is 0 Å². The van der Waals surface area contributed by atoms with Crippen LogP contribution in [0.4, 0.5) is 5.69 Å². The van der Waals surface area contributed by atoms with E-state index in [0.29, 0.717) is 12.5 Å². The first-order valence-electron chi connectivity index (χ1n) is 9.37. The first kappa shape index (κ1) is 16.2. The molecule has 1 amide bonds. The summed E-state index contributed by atoms with van der Waals surface area (Å²) < 4.78 is 2.19. The largest absolute Gasteiger partial charge is 0.381 e. The van der Waals surface area contributed by atoms with Crippen LogP contribution in [0.25, 0.3) is 0 Å². The lowest BCUT2D eigenvalue weighted by atomic mass is 9.93. The van der Waals surface area contributed by atoms with Crippen LogP contribution in [-0.4, -0.2) is 15.7 Å². The van der Waals surface area contributed by atoms with Gasteiger partial charge in [-0.2, -0.15) is 5.10 Å². The van der Waals surface area contributed by atoms with Gasteiger partial charge in [-0.05, 0) is 56.7 Å². The lowest BCUT2D eigenvalue weighted by Crippen LogP contribution is -2.32. The Morgan fingerprint density at radius 1 is 1.28 bits per heavy atom. The molecule has 1 unspecified atom stereocenters. The van der Waals surface area contributed by atoms with Crippen molar-refractivity contribution in [3.63, 3.8) is 0 Å². The van der Waals surface area contributed by atoms with Gasteiger partial charge in [0.05, 0.1) is 18.3 Å². The molecule has 1 saturated heterocycles. The average molecular weight is 338 g/mol. The molecule has 1 aromatic carbocycles. The first-order chi connectivity index (χ1) is 12.2. The van der Waals surface area contributed by atoms with Crippen molar-refractivity contribution in [2.75, 3.05) is 5.32 Å². The van der Waals surface area contributed by atoms with Gasteiger partial charge in [0.1, 0.15) is 0 Å². The van der Waals surface area contributed by atoms with Gasteiger partial charge in [0.25, 0.3) is 0 Å². The van der Waals surface area contributed by atoms with Gasteiger partial charge in [-0.25, -0.2) is 0 Å². The van der Waals surface area contributed by atoms with E-state index in [-0.39, 0.29) is 11.9 Å². The summed E-state index contributed by atoms with van der Waals surface area (Å²) in [6.07, 6.45) is 8.46. The fourth-order valence-corrected chi connectivity index (χ4v) is 3.75. The van der Waals surface area contributed by atoms with Crippen molar-refractivity contribution in [3.05, 3.63) is 47.3 Å². The van der Waals surface area contributed by atoms with E-state index >= 15 is 0 Å². The molecule has 5 heteroatoms. The minimum atomic E-state index is 0.145. The topological polar surface area (TPSA) is 59.0 Å². The Balaban J connectivity index is 1.42. The summed E-state index contributed by atoms with van der Waals surface area (Å²) >= 11 is 0. The van der Waals surface area contributed by atoms with E-state index in [0.717, 1.165) is 25.1 Å². The van der Waals surface area contributed by atoms with Crippen molar-refractivity contribution in [1.82, 2.24) is 15.1 Å². The Morgan fingerprint density at radius 2 is 2.16 bits per heavy atom. The van der Waals surface area contributed by atoms with Crippen LogP contribution >= 0.6 is 0 Å². The number of piperidine rings is 1. The molecule has 1 aliphatic heterocycles. The van der Waals surface area contributed by atoms with Gasteiger partial charge in [0.15, 0.2) is 0 Å². The third kappa shape index (κ3) is 3.41. The molecule has 132 valence electrons. The molecule has 2 aromatic rings. The highest BCUT2D eigenvalue weighted by atomic mass is 16.1. The zero-order valence-electron chi connectivity index (χ0n) is 14.8. The van der Waals surface area contributed by atoms with Gasteiger partial charge in [0.2, 0.25) is 5.91 Å². The molecule has 1 aromatic heterocycles. The number of rotatable bonds is 5. The number of nitrogens with one attached hydrogen (secondary N) is 2. The highest BCUT2D eigenvalue weighted by molar-refractivity contribution is 5.77. The average Bonchev–Trinajstić information content (AvgIpc) is 2.93. The lowest BCUT2D eigenvalue weighted by Gasteiger charge is -2.27. The van der Waals surface area contributed by atoms with Crippen LogP contribution in [0, 0.1) is 6.92 Å². The Bertz CT molecular complexity index is 763. The number of nitrogens with zero attached hydrogens (tertiary/aromatic N) is 2. The number of carbonyl (C=O) groups excluding carboxylic acids is 1. The minimum Gasteiger partial charge on any atom is -0.381 e. The molecule has 1 aliphatic carbocycles. The van der Waals surface area contributed by atoms with Crippen molar-refractivity contribution in [2.24, 2.45) is 0 Å². The number of aromatic nitrogens is 2. The van der Waals surface area contributed by atoms with Gasteiger partial charge in [-0.3, -0.25) is 9.48 Å². The quantitative estimate of drug-likeness (QED) is 0.870. The predicted molar refractivity (Wildman–Crippen MR) is 98.4 cm³/mol. The third-order valence-electron chi connectivity index (χ3n) is 5.57. The number of anilines is 1. The van der Waals surface area contributed by atoms with Crippen LogP contribution in [0.5, 0.6) is 0 Å². The Kier molecular flexibility index (Phi) is 4.47. The monoisotopic (exact) mass is 338 g/mol. The number of carbonyl (C=O) groups is 1. The second-order valence-corrected chi connectivity index (χ2v) is 7.28. The van der Waals surface area contributed by atoms with E-state index in [1.54, 1.807) is 0 Å². The highest BCUT2D eigenvalue weighted by Gasteiger charge is 2.22. The zero-order valence-corrected chi connectivity index (χ0v) is 14.8. The van der Waals surface area contributed by atoms with Gasteiger partial charge in [-0.15, -0.1) is 0 Å². The van der Waals surface area contributed by atoms with Crippen molar-refractivity contribution >= 4 is 11.6 Å². The summed E-state index contributed by atoms with van der Waals surface area (Å²) in [4.78, 5) is 11.6. The Labute approximate surface area is 148 Å². The molecule has 0 radical (unpaired) electrons. The van der Waals surface area contributed by atoms with Crippen molar-refractivity contribution in [2.45, 2.75) is 64.1 Å². The third-order valence-corrected chi connectivity index (χ3v) is 5.57. The standard InChI is InChI=1S/C20H26N4O/c1-14-16(13-22-24(14)18-7-3-8-18)12-21-17-6-2-5-15(11-17)19-9-4-10-20(25)23-19/h2,5-6,11,13,18-19,21H,3-4,7-10,12H2,1H3,(H,23,25). The normalized spacial score (nSPS) is 20.8. The first-order valence-corrected chi connectivity index (χ1v) is 9.37. The van der Waals surface area contributed by atoms with Crippen molar-refractivity contribution < 1.29 is 4.79 Å². The number of hydrogen-bond acceptors (Lipinski definition) is 3. The molecule has 0 spiro atoms. The van der Waals surface area contributed by atoms with Crippen LogP contribution in [-0.2, 0) is 11.3 Å². The van der Waals surface area contributed by atoms with E-state index in [1.165, 1.54) is 36.1 Å². The number of benzene rings is 1. The summed E-state index contributed by atoms with van der Waals surface area (Å²) in [5, 5.41) is 11.2. The number of hydrogen-bond donors (Lipinski definition) is 2. The maximum atomic E-state index is 11.6. The van der Waals surface area contributed by atoms with Gasteiger partial charge < -0.3 is 10.6 Å². The highest BCUT2D eigenvalue weighted by Crippen LogP contribution is 2.32. The molecule has 4 rings (SSSR count). The lowest BCUT2D eigenvalue weighted by molar-refractivity contribution is -0.123. The maximum Gasteiger partial charge on any atom is 0.220 e. The molecule has 1 saturated carbocycles. The van der Waals surface area contributed by atoms with Crippen LogP contribution < -0.4 is 10.6 Å². The molecule has 1 atom stereocenters. The number of amides is 1. The minimum absolute atomic E-state index is 0.145. The van der Waals surface area contributed by atoms with E-state index in [2.05, 4.69) is 51.6 Å².